The van der Waals surface area contributed by atoms with Gasteiger partial charge in [-0.2, -0.15) is 0 Å². The second-order valence-corrected chi connectivity index (χ2v) is 8.10. The van der Waals surface area contributed by atoms with Crippen molar-refractivity contribution in [2.45, 2.75) is 33.6 Å². The third-order valence-corrected chi connectivity index (χ3v) is 5.68. The first-order valence-corrected chi connectivity index (χ1v) is 11.5. The minimum atomic E-state index is -0.949. The van der Waals surface area contributed by atoms with E-state index in [9.17, 15) is 24.5 Å². The quantitative estimate of drug-likeness (QED) is 0.178. The second-order valence-electron chi connectivity index (χ2n) is 7.12. The molecule has 0 aliphatic carbocycles. The van der Waals surface area contributed by atoms with Crippen molar-refractivity contribution in [3.05, 3.63) is 51.2 Å². The smallest absolute Gasteiger partial charge is 0.336 e. The highest BCUT2D eigenvalue weighted by atomic mass is 32.2. The summed E-state index contributed by atoms with van der Waals surface area (Å²) < 4.78 is 10.5. The molecule has 0 bridgehead atoms. The fourth-order valence-electron chi connectivity index (χ4n) is 3.52. The van der Waals surface area contributed by atoms with E-state index in [1.54, 1.807) is 26.8 Å². The van der Waals surface area contributed by atoms with Crippen LogP contribution in [0.5, 0.6) is 0 Å². The summed E-state index contributed by atoms with van der Waals surface area (Å²) in [7, 11) is 0. The Bertz CT molecular complexity index is 990. The number of ether oxygens (including phenoxy) is 2. The SMILES string of the molecule is CCOC(=O)C1=C(CSCNC(C)=O)N=C(C)C(C(=O)OCC)C1c1cccc([N+](=O)[O-])c1. The Kier molecular flexibility index (Phi) is 9.58. The summed E-state index contributed by atoms with van der Waals surface area (Å²) in [6.07, 6.45) is 0. The monoisotopic (exact) mass is 477 g/mol. The molecule has 0 saturated carbocycles. The molecule has 0 radical (unpaired) electrons. The number of esters is 2. The molecule has 0 aromatic heterocycles. The highest BCUT2D eigenvalue weighted by Crippen LogP contribution is 2.41. The normalized spacial score (nSPS) is 17.8. The molecule has 2 atom stereocenters. The second kappa shape index (κ2) is 12.1. The lowest BCUT2D eigenvalue weighted by Gasteiger charge is -2.32. The van der Waals surface area contributed by atoms with Gasteiger partial charge in [0.1, 0.15) is 5.92 Å². The fraction of sp³-hybridized carbons (Fsp3) is 0.455. The van der Waals surface area contributed by atoms with Crippen LogP contribution in [0.2, 0.25) is 0 Å². The van der Waals surface area contributed by atoms with E-state index in [2.05, 4.69) is 10.3 Å². The zero-order chi connectivity index (χ0) is 24.5. The number of amides is 1. The molecule has 0 saturated heterocycles. The summed E-state index contributed by atoms with van der Waals surface area (Å²) >= 11 is 1.33. The number of rotatable bonds is 10. The third kappa shape index (κ3) is 6.64. The van der Waals surface area contributed by atoms with Crippen LogP contribution in [0.3, 0.4) is 0 Å². The number of aliphatic imine (C=N–C) groups is 1. The minimum Gasteiger partial charge on any atom is -0.465 e. The first-order chi connectivity index (χ1) is 15.7. The van der Waals surface area contributed by atoms with Crippen LogP contribution in [0.1, 0.15) is 39.2 Å². The van der Waals surface area contributed by atoms with Crippen molar-refractivity contribution in [1.82, 2.24) is 5.32 Å². The Labute approximate surface area is 196 Å². The fourth-order valence-corrected chi connectivity index (χ4v) is 4.34. The standard InChI is InChI=1S/C22H27N3O7S/c1-5-31-21(27)18-13(3)24-17(11-33-12-23-14(4)26)20(22(28)32-6-2)19(18)15-8-7-9-16(10-15)25(29)30/h7-10,18-19H,5-6,11-12H2,1-4H3,(H,23,26). The molecule has 0 spiro atoms. The molecular formula is C22H27N3O7S. The number of nitro benzene ring substituents is 1. The zero-order valence-electron chi connectivity index (χ0n) is 19.0. The van der Waals surface area contributed by atoms with Crippen molar-refractivity contribution >= 4 is 41.0 Å². The molecule has 0 fully saturated rings. The molecule has 178 valence electrons. The molecule has 1 aromatic carbocycles. The highest BCUT2D eigenvalue weighted by molar-refractivity contribution is 7.99. The summed E-state index contributed by atoms with van der Waals surface area (Å²) in [4.78, 5) is 52.5. The number of benzene rings is 1. The van der Waals surface area contributed by atoms with Crippen molar-refractivity contribution in [1.29, 1.82) is 0 Å². The number of thioether (sulfide) groups is 1. The van der Waals surface area contributed by atoms with Crippen LogP contribution in [-0.4, -0.2) is 53.3 Å². The van der Waals surface area contributed by atoms with Crippen molar-refractivity contribution in [2.75, 3.05) is 24.8 Å². The van der Waals surface area contributed by atoms with Crippen LogP contribution in [0.25, 0.3) is 0 Å². The van der Waals surface area contributed by atoms with Gasteiger partial charge in [0.2, 0.25) is 5.91 Å². The van der Waals surface area contributed by atoms with Crippen molar-refractivity contribution in [3.63, 3.8) is 0 Å². The third-order valence-electron chi connectivity index (χ3n) is 4.85. The lowest BCUT2D eigenvalue weighted by molar-refractivity contribution is -0.384. The van der Waals surface area contributed by atoms with E-state index in [4.69, 9.17) is 9.47 Å². The van der Waals surface area contributed by atoms with E-state index >= 15 is 0 Å². The van der Waals surface area contributed by atoms with Gasteiger partial charge in [-0.15, -0.1) is 11.8 Å². The highest BCUT2D eigenvalue weighted by Gasteiger charge is 2.43. The maximum atomic E-state index is 13.1. The topological polar surface area (TPSA) is 137 Å². The first kappa shape index (κ1) is 26.0. The molecule has 1 amide bonds. The number of nitrogens with zero attached hydrogens (tertiary/aromatic N) is 2. The summed E-state index contributed by atoms with van der Waals surface area (Å²) in [6.45, 7) is 6.61. The van der Waals surface area contributed by atoms with E-state index in [1.165, 1.54) is 36.9 Å². The molecule has 2 unspecified atom stereocenters. The number of carbonyl (C=O) groups is 3. The minimum absolute atomic E-state index is 0.100. The molecule has 1 aromatic rings. The van der Waals surface area contributed by atoms with E-state index < -0.39 is 28.7 Å². The number of hydrogen-bond acceptors (Lipinski definition) is 9. The maximum Gasteiger partial charge on any atom is 0.336 e. The van der Waals surface area contributed by atoms with E-state index in [-0.39, 0.29) is 36.1 Å². The summed E-state index contributed by atoms with van der Waals surface area (Å²) in [5.41, 5.74) is 1.20. The van der Waals surface area contributed by atoms with Crippen LogP contribution in [-0.2, 0) is 23.9 Å². The van der Waals surface area contributed by atoms with Gasteiger partial charge in [0.05, 0.1) is 35.3 Å². The zero-order valence-corrected chi connectivity index (χ0v) is 19.8. The Morgan fingerprint density at radius 3 is 2.52 bits per heavy atom. The van der Waals surface area contributed by atoms with Gasteiger partial charge in [0.15, 0.2) is 0 Å². The molecular weight excluding hydrogens is 450 g/mol. The first-order valence-electron chi connectivity index (χ1n) is 10.4. The lowest BCUT2D eigenvalue weighted by atomic mass is 9.75. The molecule has 1 N–H and O–H groups in total. The molecule has 2 rings (SSSR count). The predicted molar refractivity (Wildman–Crippen MR) is 124 cm³/mol. The lowest BCUT2D eigenvalue weighted by Crippen LogP contribution is -2.37. The van der Waals surface area contributed by atoms with Gasteiger partial charge in [-0.1, -0.05) is 12.1 Å². The van der Waals surface area contributed by atoms with E-state index in [0.29, 0.717) is 22.8 Å². The number of nitro groups is 1. The van der Waals surface area contributed by atoms with E-state index in [0.717, 1.165) is 0 Å². The average Bonchev–Trinajstić information content (AvgIpc) is 2.76. The molecule has 1 heterocycles. The van der Waals surface area contributed by atoms with Crippen molar-refractivity contribution < 1.29 is 28.8 Å². The Balaban J connectivity index is 2.64. The van der Waals surface area contributed by atoms with Crippen molar-refractivity contribution in [3.8, 4) is 0 Å². The van der Waals surface area contributed by atoms with Crippen LogP contribution in [0, 0.1) is 16.0 Å². The number of carbonyl (C=O) groups excluding carboxylic acids is 3. The van der Waals surface area contributed by atoms with Crippen LogP contribution in [0.4, 0.5) is 5.69 Å². The number of non-ortho nitro benzene ring substituents is 1. The Morgan fingerprint density at radius 1 is 1.21 bits per heavy atom. The predicted octanol–water partition coefficient (Wildman–Crippen LogP) is 2.98. The molecule has 1 aliphatic heterocycles. The molecule has 33 heavy (non-hydrogen) atoms. The summed E-state index contributed by atoms with van der Waals surface area (Å²) in [6, 6.07) is 5.82. The van der Waals surface area contributed by atoms with Crippen molar-refractivity contribution in [2.24, 2.45) is 10.9 Å². The maximum absolute atomic E-state index is 13.1. The number of nitrogens with one attached hydrogen (secondary N) is 1. The van der Waals surface area contributed by atoms with Gasteiger partial charge in [-0.25, -0.2) is 4.79 Å². The summed E-state index contributed by atoms with van der Waals surface area (Å²) in [5.74, 6) is -2.70. The largest absolute Gasteiger partial charge is 0.465 e. The average molecular weight is 478 g/mol. The molecule has 10 nitrogen and oxygen atoms in total. The van der Waals surface area contributed by atoms with Gasteiger partial charge >= 0.3 is 11.9 Å². The Hall–Kier alpha value is -3.21. The van der Waals surface area contributed by atoms with Gasteiger partial charge in [0.25, 0.3) is 5.69 Å². The van der Waals surface area contributed by atoms with Gasteiger partial charge in [-0.05, 0) is 26.3 Å². The summed E-state index contributed by atoms with van der Waals surface area (Å²) in [5, 5.41) is 14.0. The van der Waals surface area contributed by atoms with Gasteiger partial charge in [-0.3, -0.25) is 24.7 Å². The van der Waals surface area contributed by atoms with E-state index in [1.807, 2.05) is 0 Å². The molecule has 1 aliphatic rings. The van der Waals surface area contributed by atoms with Crippen LogP contribution < -0.4 is 5.32 Å². The van der Waals surface area contributed by atoms with Gasteiger partial charge in [0, 0.05) is 36.4 Å². The molecule has 11 heteroatoms. The Morgan fingerprint density at radius 2 is 1.91 bits per heavy atom. The van der Waals surface area contributed by atoms with Gasteiger partial charge < -0.3 is 14.8 Å². The number of hydrogen-bond donors (Lipinski definition) is 1. The van der Waals surface area contributed by atoms with Crippen LogP contribution >= 0.6 is 11.8 Å². The van der Waals surface area contributed by atoms with Crippen LogP contribution in [0.15, 0.2) is 40.5 Å².